The summed E-state index contributed by atoms with van der Waals surface area (Å²) in [5.41, 5.74) is 0.965. The molecular formula is C18H22FN5O2S2. The van der Waals surface area contributed by atoms with Gasteiger partial charge in [-0.3, -0.25) is 9.59 Å². The normalized spacial score (nSPS) is 14.4. The molecule has 0 spiro atoms. The Balaban J connectivity index is 1.44. The van der Waals surface area contributed by atoms with E-state index in [1.807, 2.05) is 4.90 Å². The summed E-state index contributed by atoms with van der Waals surface area (Å²) in [6.07, 6.45) is 0. The second-order valence-corrected chi connectivity index (χ2v) is 8.85. The molecular weight excluding hydrogens is 401 g/mol. The molecule has 0 bridgehead atoms. The summed E-state index contributed by atoms with van der Waals surface area (Å²) in [5.74, 6) is -0.161. The molecule has 1 saturated heterocycles. The number of hydrogen-bond donors (Lipinski definition) is 1. The Bertz CT molecular complexity index is 820. The molecule has 7 nitrogen and oxygen atoms in total. The van der Waals surface area contributed by atoms with Gasteiger partial charge in [-0.15, -0.1) is 10.2 Å². The third kappa shape index (κ3) is 5.41. The largest absolute Gasteiger partial charge is 0.368 e. The first kappa shape index (κ1) is 20.5. The van der Waals surface area contributed by atoms with Gasteiger partial charge < -0.3 is 15.1 Å². The Hall–Kier alpha value is -2.20. The summed E-state index contributed by atoms with van der Waals surface area (Å²) in [6, 6.07) is 6.41. The zero-order valence-electron chi connectivity index (χ0n) is 15.7. The van der Waals surface area contributed by atoms with Crippen molar-refractivity contribution in [2.75, 3.05) is 42.1 Å². The molecule has 1 aliphatic rings. The third-order valence-corrected chi connectivity index (χ3v) is 6.26. The molecule has 2 amide bonds. The number of carbonyl (C=O) groups is 2. The fraction of sp³-hybridized carbons (Fsp3) is 0.444. The molecule has 0 radical (unpaired) electrons. The van der Waals surface area contributed by atoms with Crippen molar-refractivity contribution >= 4 is 45.7 Å². The molecule has 1 fully saturated rings. The molecule has 28 heavy (non-hydrogen) atoms. The first-order valence-electron chi connectivity index (χ1n) is 8.98. The number of nitrogens with zero attached hydrogens (tertiary/aromatic N) is 4. The summed E-state index contributed by atoms with van der Waals surface area (Å²) >= 11 is 2.59. The van der Waals surface area contributed by atoms with Crippen molar-refractivity contribution in [3.8, 4) is 0 Å². The second kappa shape index (κ2) is 9.33. The highest BCUT2D eigenvalue weighted by Gasteiger charge is 2.22. The van der Waals surface area contributed by atoms with Crippen molar-refractivity contribution < 1.29 is 14.0 Å². The lowest BCUT2D eigenvalue weighted by Gasteiger charge is -2.36. The Kier molecular flexibility index (Phi) is 6.84. The number of benzene rings is 1. The Labute approximate surface area is 171 Å². The number of anilines is 2. The van der Waals surface area contributed by atoms with Gasteiger partial charge in [0.2, 0.25) is 16.9 Å². The van der Waals surface area contributed by atoms with Gasteiger partial charge in [0.05, 0.1) is 5.75 Å². The molecule has 10 heteroatoms. The number of piperazine rings is 1. The number of amides is 2. The highest BCUT2D eigenvalue weighted by molar-refractivity contribution is 8.01. The van der Waals surface area contributed by atoms with Gasteiger partial charge in [-0.2, -0.15) is 0 Å². The highest BCUT2D eigenvalue weighted by Crippen LogP contribution is 2.26. The van der Waals surface area contributed by atoms with Crippen LogP contribution in [0.2, 0.25) is 0 Å². The van der Waals surface area contributed by atoms with Crippen molar-refractivity contribution in [1.29, 1.82) is 0 Å². The van der Waals surface area contributed by atoms with Crippen LogP contribution in [0.5, 0.6) is 0 Å². The average Bonchev–Trinajstić information content (AvgIpc) is 3.14. The van der Waals surface area contributed by atoms with Crippen LogP contribution in [-0.2, 0) is 9.59 Å². The van der Waals surface area contributed by atoms with E-state index in [-0.39, 0.29) is 29.3 Å². The van der Waals surface area contributed by atoms with Crippen molar-refractivity contribution in [1.82, 2.24) is 15.1 Å². The van der Waals surface area contributed by atoms with E-state index in [0.29, 0.717) is 35.7 Å². The fourth-order valence-electron chi connectivity index (χ4n) is 2.65. The number of hydrogen-bond acceptors (Lipinski definition) is 7. The maximum atomic E-state index is 13.0. The van der Waals surface area contributed by atoms with Gasteiger partial charge in [0.15, 0.2) is 4.34 Å². The zero-order chi connectivity index (χ0) is 20.1. The third-order valence-electron chi connectivity index (χ3n) is 4.30. The SMILES string of the molecule is CC(C)C(=O)Nc1nnc(SCC(=O)N2CCN(c3ccc(F)cc3)CC2)s1. The molecule has 2 aromatic rings. The molecule has 1 aromatic heterocycles. The summed E-state index contributed by atoms with van der Waals surface area (Å²) in [4.78, 5) is 28.1. The predicted molar refractivity (Wildman–Crippen MR) is 109 cm³/mol. The lowest BCUT2D eigenvalue weighted by atomic mass is 10.2. The minimum absolute atomic E-state index is 0.0479. The van der Waals surface area contributed by atoms with Crippen LogP contribution in [0.4, 0.5) is 15.2 Å². The molecule has 3 rings (SSSR count). The van der Waals surface area contributed by atoms with Crippen LogP contribution < -0.4 is 10.2 Å². The van der Waals surface area contributed by atoms with Crippen LogP contribution in [0.15, 0.2) is 28.6 Å². The predicted octanol–water partition coefficient (Wildman–Crippen LogP) is 2.71. The van der Waals surface area contributed by atoms with E-state index in [0.717, 1.165) is 5.69 Å². The standard InChI is InChI=1S/C18H22FN5O2S2/c1-12(2)16(26)20-17-21-22-18(28-17)27-11-15(25)24-9-7-23(8-10-24)14-5-3-13(19)4-6-14/h3-6,12H,7-11H2,1-2H3,(H,20,21,26). The number of thioether (sulfide) groups is 1. The van der Waals surface area contributed by atoms with Gasteiger partial charge in [-0.1, -0.05) is 36.9 Å². The minimum Gasteiger partial charge on any atom is -0.368 e. The average molecular weight is 424 g/mol. The molecule has 150 valence electrons. The number of nitrogens with one attached hydrogen (secondary N) is 1. The molecule has 2 heterocycles. The van der Waals surface area contributed by atoms with E-state index >= 15 is 0 Å². The van der Waals surface area contributed by atoms with Crippen LogP contribution >= 0.6 is 23.1 Å². The first-order chi connectivity index (χ1) is 13.4. The number of carbonyl (C=O) groups excluding carboxylic acids is 2. The quantitative estimate of drug-likeness (QED) is 0.569. The number of rotatable bonds is 6. The molecule has 1 N–H and O–H groups in total. The Morgan fingerprint density at radius 3 is 2.50 bits per heavy atom. The van der Waals surface area contributed by atoms with E-state index in [4.69, 9.17) is 0 Å². The second-order valence-electron chi connectivity index (χ2n) is 6.65. The maximum absolute atomic E-state index is 13.0. The molecule has 0 saturated carbocycles. The van der Waals surface area contributed by atoms with Crippen LogP contribution in [0.1, 0.15) is 13.8 Å². The van der Waals surface area contributed by atoms with Gasteiger partial charge in [0, 0.05) is 37.8 Å². The van der Waals surface area contributed by atoms with Crippen LogP contribution in [0.3, 0.4) is 0 Å². The lowest BCUT2D eigenvalue weighted by molar-refractivity contribution is -0.128. The van der Waals surface area contributed by atoms with E-state index in [2.05, 4.69) is 20.4 Å². The molecule has 0 aliphatic carbocycles. The fourth-order valence-corrected chi connectivity index (χ4v) is 4.31. The summed E-state index contributed by atoms with van der Waals surface area (Å²) < 4.78 is 13.7. The van der Waals surface area contributed by atoms with Gasteiger partial charge in [-0.25, -0.2) is 4.39 Å². The van der Waals surface area contributed by atoms with Crippen molar-refractivity contribution in [3.05, 3.63) is 30.1 Å². The van der Waals surface area contributed by atoms with Crippen LogP contribution in [0.25, 0.3) is 0 Å². The topological polar surface area (TPSA) is 78.4 Å². The molecule has 1 aromatic carbocycles. The van der Waals surface area contributed by atoms with E-state index in [1.54, 1.807) is 26.0 Å². The van der Waals surface area contributed by atoms with Gasteiger partial charge in [-0.05, 0) is 24.3 Å². The Morgan fingerprint density at radius 1 is 1.18 bits per heavy atom. The maximum Gasteiger partial charge on any atom is 0.233 e. The highest BCUT2D eigenvalue weighted by atomic mass is 32.2. The van der Waals surface area contributed by atoms with Crippen molar-refractivity contribution in [3.63, 3.8) is 0 Å². The van der Waals surface area contributed by atoms with E-state index < -0.39 is 0 Å². The smallest absolute Gasteiger partial charge is 0.233 e. The van der Waals surface area contributed by atoms with Gasteiger partial charge in [0.1, 0.15) is 5.82 Å². The lowest BCUT2D eigenvalue weighted by Crippen LogP contribution is -2.49. The molecule has 1 aliphatic heterocycles. The summed E-state index contributed by atoms with van der Waals surface area (Å²) in [6.45, 7) is 6.30. The summed E-state index contributed by atoms with van der Waals surface area (Å²) in [5, 5.41) is 11.1. The van der Waals surface area contributed by atoms with Gasteiger partial charge in [0.25, 0.3) is 0 Å². The number of halogens is 1. The first-order valence-corrected chi connectivity index (χ1v) is 10.8. The van der Waals surface area contributed by atoms with E-state index in [9.17, 15) is 14.0 Å². The molecule has 0 atom stereocenters. The number of aromatic nitrogens is 2. The zero-order valence-corrected chi connectivity index (χ0v) is 17.4. The van der Waals surface area contributed by atoms with Crippen molar-refractivity contribution in [2.24, 2.45) is 5.92 Å². The van der Waals surface area contributed by atoms with E-state index in [1.165, 1.54) is 35.2 Å². The van der Waals surface area contributed by atoms with Crippen LogP contribution in [-0.4, -0.2) is 58.8 Å². The van der Waals surface area contributed by atoms with Crippen LogP contribution in [0, 0.1) is 11.7 Å². The Morgan fingerprint density at radius 2 is 1.86 bits per heavy atom. The minimum atomic E-state index is -0.252. The monoisotopic (exact) mass is 423 g/mol. The molecule has 0 unspecified atom stereocenters. The summed E-state index contributed by atoms with van der Waals surface area (Å²) in [7, 11) is 0. The van der Waals surface area contributed by atoms with Crippen molar-refractivity contribution in [2.45, 2.75) is 18.2 Å². The van der Waals surface area contributed by atoms with Gasteiger partial charge >= 0.3 is 0 Å².